The molecule has 0 aliphatic heterocycles. The summed E-state index contributed by atoms with van der Waals surface area (Å²) < 4.78 is 1.69. The van der Waals surface area contributed by atoms with Crippen molar-refractivity contribution >= 4 is 0 Å². The molecule has 76 valence electrons. The van der Waals surface area contributed by atoms with E-state index >= 15 is 0 Å². The highest BCUT2D eigenvalue weighted by atomic mass is 15.3. The molecule has 0 spiro atoms. The van der Waals surface area contributed by atoms with E-state index in [1.54, 1.807) is 4.68 Å². The Balaban J connectivity index is 3.40. The van der Waals surface area contributed by atoms with Gasteiger partial charge in [0.15, 0.2) is 0 Å². The second-order valence-corrected chi connectivity index (χ2v) is 4.19. The first kappa shape index (κ1) is 10.8. The monoisotopic (exact) mass is 191 g/mol. The summed E-state index contributed by atoms with van der Waals surface area (Å²) in [5.41, 5.74) is 2.85. The summed E-state index contributed by atoms with van der Waals surface area (Å²) in [6, 6.07) is 2.22. The van der Waals surface area contributed by atoms with Crippen LogP contribution in [0.4, 0.5) is 0 Å². The van der Waals surface area contributed by atoms with Crippen molar-refractivity contribution < 1.29 is 0 Å². The second kappa shape index (κ2) is 3.83. The zero-order valence-corrected chi connectivity index (χ0v) is 9.50. The SMILES string of the molecule is CC(C)c1nn(C)c(C#N)c1C(C)C. The average molecular weight is 191 g/mol. The Labute approximate surface area is 85.4 Å². The maximum Gasteiger partial charge on any atom is 0.141 e. The van der Waals surface area contributed by atoms with Crippen LogP contribution in [0, 0.1) is 11.3 Å². The summed E-state index contributed by atoms with van der Waals surface area (Å²) in [6.45, 7) is 8.41. The smallest absolute Gasteiger partial charge is 0.141 e. The summed E-state index contributed by atoms with van der Waals surface area (Å²) in [7, 11) is 1.83. The van der Waals surface area contributed by atoms with Gasteiger partial charge in [0.1, 0.15) is 11.8 Å². The molecular formula is C11H17N3. The molecule has 3 heteroatoms. The molecule has 0 fully saturated rings. The number of hydrogen-bond donors (Lipinski definition) is 0. The first-order valence-electron chi connectivity index (χ1n) is 4.95. The Morgan fingerprint density at radius 1 is 1.21 bits per heavy atom. The van der Waals surface area contributed by atoms with Crippen LogP contribution in [0.15, 0.2) is 0 Å². The van der Waals surface area contributed by atoms with E-state index in [2.05, 4.69) is 38.9 Å². The molecule has 14 heavy (non-hydrogen) atoms. The molecule has 0 aromatic carbocycles. The van der Waals surface area contributed by atoms with Crippen molar-refractivity contribution in [1.82, 2.24) is 9.78 Å². The largest absolute Gasteiger partial charge is 0.257 e. The lowest BCUT2D eigenvalue weighted by Gasteiger charge is -2.08. The van der Waals surface area contributed by atoms with Crippen molar-refractivity contribution in [3.05, 3.63) is 17.0 Å². The van der Waals surface area contributed by atoms with Gasteiger partial charge in [-0.2, -0.15) is 10.4 Å². The van der Waals surface area contributed by atoms with Crippen LogP contribution in [0.25, 0.3) is 0 Å². The highest BCUT2D eigenvalue weighted by Gasteiger charge is 2.20. The van der Waals surface area contributed by atoms with Crippen molar-refractivity contribution in [3.63, 3.8) is 0 Å². The quantitative estimate of drug-likeness (QED) is 0.720. The number of aryl methyl sites for hydroxylation is 1. The molecule has 1 rings (SSSR count). The Bertz CT molecular complexity index is 367. The number of nitrogens with zero attached hydrogens (tertiary/aromatic N) is 3. The van der Waals surface area contributed by atoms with Gasteiger partial charge in [0.25, 0.3) is 0 Å². The maximum absolute atomic E-state index is 9.03. The Kier molecular flexibility index (Phi) is 2.95. The lowest BCUT2D eigenvalue weighted by Crippen LogP contribution is -1.97. The van der Waals surface area contributed by atoms with Gasteiger partial charge in [0, 0.05) is 12.6 Å². The van der Waals surface area contributed by atoms with E-state index in [-0.39, 0.29) is 0 Å². The number of aromatic nitrogens is 2. The number of hydrogen-bond acceptors (Lipinski definition) is 2. The van der Waals surface area contributed by atoms with Gasteiger partial charge in [-0.15, -0.1) is 0 Å². The van der Waals surface area contributed by atoms with Crippen LogP contribution in [-0.4, -0.2) is 9.78 Å². The fourth-order valence-corrected chi connectivity index (χ4v) is 1.69. The highest BCUT2D eigenvalue weighted by Crippen LogP contribution is 2.27. The third-order valence-corrected chi connectivity index (χ3v) is 2.34. The van der Waals surface area contributed by atoms with Gasteiger partial charge in [-0.25, -0.2) is 0 Å². The van der Waals surface area contributed by atoms with Gasteiger partial charge in [-0.05, 0) is 11.8 Å². The van der Waals surface area contributed by atoms with E-state index in [1.165, 1.54) is 0 Å². The molecule has 0 saturated heterocycles. The average Bonchev–Trinajstić information content (AvgIpc) is 2.42. The summed E-state index contributed by atoms with van der Waals surface area (Å²) >= 11 is 0. The minimum atomic E-state index is 0.357. The van der Waals surface area contributed by atoms with Gasteiger partial charge in [0.05, 0.1) is 5.69 Å². The minimum absolute atomic E-state index is 0.357. The van der Waals surface area contributed by atoms with E-state index in [4.69, 9.17) is 5.26 Å². The molecule has 0 amide bonds. The lowest BCUT2D eigenvalue weighted by molar-refractivity contribution is 0.705. The van der Waals surface area contributed by atoms with E-state index in [0.717, 1.165) is 11.3 Å². The highest BCUT2D eigenvalue weighted by molar-refractivity contribution is 5.39. The predicted molar refractivity (Wildman–Crippen MR) is 56.1 cm³/mol. The summed E-state index contributed by atoms with van der Waals surface area (Å²) in [5.74, 6) is 0.733. The summed E-state index contributed by atoms with van der Waals surface area (Å²) in [5, 5.41) is 13.4. The Morgan fingerprint density at radius 3 is 2.14 bits per heavy atom. The van der Waals surface area contributed by atoms with Crippen LogP contribution >= 0.6 is 0 Å². The number of nitriles is 1. The Morgan fingerprint density at radius 2 is 1.79 bits per heavy atom. The van der Waals surface area contributed by atoms with Crippen molar-refractivity contribution in [1.29, 1.82) is 5.26 Å². The third kappa shape index (κ3) is 1.65. The van der Waals surface area contributed by atoms with Crippen molar-refractivity contribution in [3.8, 4) is 6.07 Å². The van der Waals surface area contributed by atoms with E-state index in [0.29, 0.717) is 17.5 Å². The molecule has 1 aromatic heterocycles. The van der Waals surface area contributed by atoms with E-state index < -0.39 is 0 Å². The van der Waals surface area contributed by atoms with Gasteiger partial charge in [0.2, 0.25) is 0 Å². The fraction of sp³-hybridized carbons (Fsp3) is 0.636. The molecule has 1 heterocycles. The second-order valence-electron chi connectivity index (χ2n) is 4.19. The van der Waals surface area contributed by atoms with Gasteiger partial charge >= 0.3 is 0 Å². The summed E-state index contributed by atoms with van der Waals surface area (Å²) in [6.07, 6.45) is 0. The molecule has 0 aliphatic carbocycles. The maximum atomic E-state index is 9.03. The molecule has 3 nitrogen and oxygen atoms in total. The zero-order chi connectivity index (χ0) is 10.9. The van der Waals surface area contributed by atoms with Crippen LogP contribution in [0.2, 0.25) is 0 Å². The molecule has 0 radical (unpaired) electrons. The summed E-state index contributed by atoms with van der Waals surface area (Å²) in [4.78, 5) is 0. The van der Waals surface area contributed by atoms with Gasteiger partial charge < -0.3 is 0 Å². The Hall–Kier alpha value is -1.30. The molecular weight excluding hydrogens is 174 g/mol. The van der Waals surface area contributed by atoms with Crippen LogP contribution in [0.5, 0.6) is 0 Å². The molecule has 0 atom stereocenters. The lowest BCUT2D eigenvalue weighted by atomic mass is 9.95. The van der Waals surface area contributed by atoms with Crippen LogP contribution in [-0.2, 0) is 7.05 Å². The molecule has 0 aliphatic rings. The van der Waals surface area contributed by atoms with Crippen LogP contribution < -0.4 is 0 Å². The predicted octanol–water partition coefficient (Wildman–Crippen LogP) is 2.54. The zero-order valence-electron chi connectivity index (χ0n) is 9.50. The van der Waals surface area contributed by atoms with E-state index in [9.17, 15) is 0 Å². The molecule has 0 bridgehead atoms. The van der Waals surface area contributed by atoms with Gasteiger partial charge in [-0.3, -0.25) is 4.68 Å². The number of rotatable bonds is 2. The molecule has 1 aromatic rings. The standard InChI is InChI=1S/C11H17N3/c1-7(2)10-9(6-12)14(5)13-11(10)8(3)4/h7-8H,1-5H3. The molecule has 0 saturated carbocycles. The van der Waals surface area contributed by atoms with E-state index in [1.807, 2.05) is 7.05 Å². The van der Waals surface area contributed by atoms with Crippen molar-refractivity contribution in [2.24, 2.45) is 7.05 Å². The van der Waals surface area contributed by atoms with Crippen LogP contribution in [0.1, 0.15) is 56.5 Å². The first-order chi connectivity index (χ1) is 6.49. The van der Waals surface area contributed by atoms with Gasteiger partial charge in [-0.1, -0.05) is 27.7 Å². The molecule has 0 unspecified atom stereocenters. The third-order valence-electron chi connectivity index (χ3n) is 2.34. The normalized spacial score (nSPS) is 11.0. The van der Waals surface area contributed by atoms with Crippen molar-refractivity contribution in [2.45, 2.75) is 39.5 Å². The fourth-order valence-electron chi connectivity index (χ4n) is 1.69. The van der Waals surface area contributed by atoms with Crippen LogP contribution in [0.3, 0.4) is 0 Å². The minimum Gasteiger partial charge on any atom is -0.257 e. The topological polar surface area (TPSA) is 41.6 Å². The molecule has 0 N–H and O–H groups in total. The first-order valence-corrected chi connectivity index (χ1v) is 4.95. The van der Waals surface area contributed by atoms with Crippen molar-refractivity contribution in [2.75, 3.05) is 0 Å².